The van der Waals surface area contributed by atoms with Crippen molar-refractivity contribution in [3.8, 4) is 0 Å². The van der Waals surface area contributed by atoms with Gasteiger partial charge in [-0.05, 0) is 32.3 Å². The molecule has 0 spiro atoms. The van der Waals surface area contributed by atoms with Crippen LogP contribution in [0, 0.1) is 5.92 Å². The molecule has 1 aliphatic rings. The van der Waals surface area contributed by atoms with Crippen molar-refractivity contribution >= 4 is 5.78 Å². The monoisotopic (exact) mass is 213 g/mol. The van der Waals surface area contributed by atoms with E-state index in [-0.39, 0.29) is 11.8 Å². The first-order valence-corrected chi connectivity index (χ1v) is 5.22. The molecule has 1 saturated heterocycles. The highest BCUT2D eigenvalue weighted by atomic mass is 16.5. The van der Waals surface area contributed by atoms with E-state index < -0.39 is 0 Å². The number of nitrogens with one attached hydrogen (secondary N) is 1. The normalized spacial score (nSPS) is 19.3. The molecule has 0 saturated carbocycles. The van der Waals surface area contributed by atoms with E-state index in [0.29, 0.717) is 11.8 Å². The first-order chi connectivity index (χ1) is 7.15. The first kappa shape index (κ1) is 12.0. The Kier molecular flexibility index (Phi) is 4.62. The van der Waals surface area contributed by atoms with Gasteiger partial charge in [-0.1, -0.05) is 0 Å². The number of ether oxygens (including phenoxy) is 2. The third-order valence-electron chi connectivity index (χ3n) is 2.74. The zero-order chi connectivity index (χ0) is 11.3. The van der Waals surface area contributed by atoms with Crippen LogP contribution < -0.4 is 5.32 Å². The summed E-state index contributed by atoms with van der Waals surface area (Å²) in [6, 6.07) is -0.193. The molecule has 0 radical (unpaired) electrons. The summed E-state index contributed by atoms with van der Waals surface area (Å²) in [6.07, 6.45) is 1.82. The van der Waals surface area contributed by atoms with E-state index in [0.717, 1.165) is 26.1 Å². The molecule has 4 heteroatoms. The molecule has 0 bridgehead atoms. The Bertz CT molecular complexity index is 234. The SMILES string of the molecule is C=C(N[C@H](C(C)=O)C1CCOCC1)OC. The maximum Gasteiger partial charge on any atom is 0.179 e. The van der Waals surface area contributed by atoms with Crippen LogP contribution in [0.4, 0.5) is 0 Å². The minimum Gasteiger partial charge on any atom is -0.483 e. The Hall–Kier alpha value is -1.03. The lowest BCUT2D eigenvalue weighted by Gasteiger charge is -2.29. The van der Waals surface area contributed by atoms with Crippen LogP contribution in [0.15, 0.2) is 12.5 Å². The minimum absolute atomic E-state index is 0.125. The second-order valence-corrected chi connectivity index (χ2v) is 3.81. The van der Waals surface area contributed by atoms with Gasteiger partial charge in [0.2, 0.25) is 0 Å². The highest BCUT2D eigenvalue weighted by Gasteiger charge is 2.27. The number of Topliss-reactive ketones (excluding diaryl/α,β-unsaturated/α-hetero) is 1. The maximum absolute atomic E-state index is 11.5. The molecule has 0 unspecified atom stereocenters. The smallest absolute Gasteiger partial charge is 0.179 e. The van der Waals surface area contributed by atoms with Gasteiger partial charge in [0, 0.05) is 13.2 Å². The first-order valence-electron chi connectivity index (χ1n) is 5.22. The zero-order valence-corrected chi connectivity index (χ0v) is 9.41. The summed E-state index contributed by atoms with van der Waals surface area (Å²) < 4.78 is 10.2. The number of carbonyl (C=O) groups excluding carboxylic acids is 1. The number of hydrogen-bond acceptors (Lipinski definition) is 4. The molecule has 0 aromatic heterocycles. The van der Waals surface area contributed by atoms with Crippen molar-refractivity contribution in [2.75, 3.05) is 20.3 Å². The van der Waals surface area contributed by atoms with Gasteiger partial charge in [-0.3, -0.25) is 4.79 Å². The van der Waals surface area contributed by atoms with Crippen molar-refractivity contribution < 1.29 is 14.3 Å². The third-order valence-corrected chi connectivity index (χ3v) is 2.74. The van der Waals surface area contributed by atoms with E-state index >= 15 is 0 Å². The highest BCUT2D eigenvalue weighted by Crippen LogP contribution is 2.20. The van der Waals surface area contributed by atoms with Gasteiger partial charge in [0.1, 0.15) is 0 Å². The highest BCUT2D eigenvalue weighted by molar-refractivity contribution is 5.82. The molecule has 4 nitrogen and oxygen atoms in total. The van der Waals surface area contributed by atoms with Gasteiger partial charge in [-0.2, -0.15) is 0 Å². The predicted molar refractivity (Wildman–Crippen MR) is 57.3 cm³/mol. The van der Waals surface area contributed by atoms with Gasteiger partial charge in [0.05, 0.1) is 13.2 Å². The second kappa shape index (κ2) is 5.75. The molecule has 0 aromatic carbocycles. The fourth-order valence-corrected chi connectivity index (χ4v) is 1.83. The van der Waals surface area contributed by atoms with Crippen molar-refractivity contribution in [2.24, 2.45) is 5.92 Å². The van der Waals surface area contributed by atoms with Crippen LogP contribution >= 0.6 is 0 Å². The van der Waals surface area contributed by atoms with E-state index in [9.17, 15) is 4.79 Å². The van der Waals surface area contributed by atoms with Gasteiger partial charge in [0.15, 0.2) is 11.7 Å². The van der Waals surface area contributed by atoms with Gasteiger partial charge in [-0.25, -0.2) is 0 Å². The summed E-state index contributed by atoms with van der Waals surface area (Å²) in [5.74, 6) is 0.893. The number of methoxy groups -OCH3 is 1. The fourth-order valence-electron chi connectivity index (χ4n) is 1.83. The predicted octanol–water partition coefficient (Wildman–Crippen LogP) is 1.08. The Morgan fingerprint density at radius 2 is 2.13 bits per heavy atom. The van der Waals surface area contributed by atoms with Crippen molar-refractivity contribution in [2.45, 2.75) is 25.8 Å². The van der Waals surface area contributed by atoms with Crippen LogP contribution in [0.1, 0.15) is 19.8 Å². The summed E-state index contributed by atoms with van der Waals surface area (Å²) in [5.41, 5.74) is 0. The molecule has 15 heavy (non-hydrogen) atoms. The standard InChI is InChI=1S/C11H19NO3/c1-8(13)11(12-9(2)14-3)10-4-6-15-7-5-10/h10-12H,2,4-7H2,1,3H3/t11-/m1/s1. The molecule has 1 aliphatic heterocycles. The number of rotatable bonds is 5. The molecule has 1 N–H and O–H groups in total. The van der Waals surface area contributed by atoms with Gasteiger partial charge >= 0.3 is 0 Å². The number of hydrogen-bond donors (Lipinski definition) is 1. The fraction of sp³-hybridized carbons (Fsp3) is 0.727. The van der Waals surface area contributed by atoms with E-state index in [4.69, 9.17) is 9.47 Å². The molecule has 0 aromatic rings. The second-order valence-electron chi connectivity index (χ2n) is 3.81. The van der Waals surface area contributed by atoms with E-state index in [1.54, 1.807) is 6.92 Å². The number of ketones is 1. The van der Waals surface area contributed by atoms with Crippen LogP contribution in [-0.4, -0.2) is 32.1 Å². The van der Waals surface area contributed by atoms with Crippen molar-refractivity contribution in [1.82, 2.24) is 5.32 Å². The molecule has 1 fully saturated rings. The molecular formula is C11H19NO3. The summed E-state index contributed by atoms with van der Waals surface area (Å²) in [4.78, 5) is 11.5. The Morgan fingerprint density at radius 1 is 1.53 bits per heavy atom. The molecule has 1 heterocycles. The topological polar surface area (TPSA) is 47.6 Å². The molecule has 0 aliphatic carbocycles. The molecule has 0 amide bonds. The summed E-state index contributed by atoms with van der Waals surface area (Å²) in [5, 5.41) is 3.01. The number of carbonyl (C=O) groups is 1. The van der Waals surface area contributed by atoms with Gasteiger partial charge in [0.25, 0.3) is 0 Å². The lowest BCUT2D eigenvalue weighted by molar-refractivity contribution is -0.121. The lowest BCUT2D eigenvalue weighted by Crippen LogP contribution is -2.43. The summed E-state index contributed by atoms with van der Waals surface area (Å²) in [6.45, 7) is 6.73. The average Bonchev–Trinajstić information content (AvgIpc) is 2.26. The molecule has 86 valence electrons. The summed E-state index contributed by atoms with van der Waals surface area (Å²) >= 11 is 0. The van der Waals surface area contributed by atoms with Crippen LogP contribution in [0.2, 0.25) is 0 Å². The van der Waals surface area contributed by atoms with Crippen LogP contribution in [0.3, 0.4) is 0 Å². The molecule has 1 rings (SSSR count). The molecule has 1 atom stereocenters. The quantitative estimate of drug-likeness (QED) is 0.694. The van der Waals surface area contributed by atoms with E-state index in [1.807, 2.05) is 0 Å². The van der Waals surface area contributed by atoms with Crippen LogP contribution in [0.25, 0.3) is 0 Å². The lowest BCUT2D eigenvalue weighted by atomic mass is 9.89. The minimum atomic E-state index is -0.193. The Morgan fingerprint density at radius 3 is 2.60 bits per heavy atom. The average molecular weight is 213 g/mol. The van der Waals surface area contributed by atoms with Crippen LogP contribution in [-0.2, 0) is 14.3 Å². The van der Waals surface area contributed by atoms with Gasteiger partial charge in [-0.15, -0.1) is 0 Å². The van der Waals surface area contributed by atoms with E-state index in [2.05, 4.69) is 11.9 Å². The Balaban J connectivity index is 2.55. The van der Waals surface area contributed by atoms with Crippen molar-refractivity contribution in [3.63, 3.8) is 0 Å². The maximum atomic E-state index is 11.5. The Labute approximate surface area is 90.6 Å². The molecular weight excluding hydrogens is 194 g/mol. The third kappa shape index (κ3) is 3.55. The van der Waals surface area contributed by atoms with Crippen molar-refractivity contribution in [3.05, 3.63) is 12.5 Å². The zero-order valence-electron chi connectivity index (χ0n) is 9.41. The largest absolute Gasteiger partial charge is 0.483 e. The van der Waals surface area contributed by atoms with Crippen LogP contribution in [0.5, 0.6) is 0 Å². The van der Waals surface area contributed by atoms with Crippen molar-refractivity contribution in [1.29, 1.82) is 0 Å². The summed E-state index contributed by atoms with van der Waals surface area (Å²) in [7, 11) is 1.54. The van der Waals surface area contributed by atoms with E-state index in [1.165, 1.54) is 7.11 Å². The van der Waals surface area contributed by atoms with Gasteiger partial charge < -0.3 is 14.8 Å².